The van der Waals surface area contributed by atoms with Crippen molar-refractivity contribution in [3.63, 3.8) is 0 Å². The van der Waals surface area contributed by atoms with Crippen molar-refractivity contribution in [1.29, 1.82) is 0 Å². The molecule has 1 unspecified atom stereocenters. The highest BCUT2D eigenvalue weighted by Gasteiger charge is 2.36. The van der Waals surface area contributed by atoms with E-state index in [1.54, 1.807) is 12.1 Å². The number of hydrogen-bond donors (Lipinski definition) is 2. The normalized spacial score (nSPS) is 26.9. The molecule has 0 saturated heterocycles. The minimum atomic E-state index is -0.925. The Balaban J connectivity index is 1.99. The number of halogens is 1. The summed E-state index contributed by atoms with van der Waals surface area (Å²) in [5.41, 5.74) is 0. The molecule has 1 aliphatic carbocycles. The fourth-order valence-electron chi connectivity index (χ4n) is 2.07. The predicted molar refractivity (Wildman–Crippen MR) is 72.0 cm³/mol. The van der Waals surface area contributed by atoms with Crippen LogP contribution < -0.4 is 0 Å². The van der Waals surface area contributed by atoms with Crippen molar-refractivity contribution in [2.45, 2.75) is 18.9 Å². The van der Waals surface area contributed by atoms with Gasteiger partial charge in [0.1, 0.15) is 0 Å². The Morgan fingerprint density at radius 2 is 2.16 bits per heavy atom. The lowest BCUT2D eigenvalue weighted by molar-refractivity contribution is -0.141. The molecule has 0 aliphatic heterocycles. The van der Waals surface area contributed by atoms with E-state index >= 15 is 0 Å². The molecule has 5 nitrogen and oxygen atoms in total. The van der Waals surface area contributed by atoms with E-state index in [-0.39, 0.29) is 12.3 Å². The van der Waals surface area contributed by atoms with Crippen molar-refractivity contribution in [3.8, 4) is 0 Å². The third kappa shape index (κ3) is 3.40. The first-order valence-corrected chi connectivity index (χ1v) is 6.91. The number of aliphatic carboxylic acids is 1. The van der Waals surface area contributed by atoms with Crippen molar-refractivity contribution in [2.24, 2.45) is 16.8 Å². The first kappa shape index (κ1) is 14.2. The van der Waals surface area contributed by atoms with Gasteiger partial charge in [-0.15, -0.1) is 11.3 Å². The van der Waals surface area contributed by atoms with Gasteiger partial charge in [-0.25, -0.2) is 4.99 Å². The van der Waals surface area contributed by atoms with Crippen LogP contribution in [0.2, 0.25) is 4.34 Å². The molecule has 0 bridgehead atoms. The Labute approximate surface area is 118 Å². The van der Waals surface area contributed by atoms with Gasteiger partial charge in [0.2, 0.25) is 0 Å². The van der Waals surface area contributed by atoms with Gasteiger partial charge in [0.25, 0.3) is 5.91 Å². The Morgan fingerprint density at radius 1 is 1.42 bits per heavy atom. The molecule has 102 valence electrons. The topological polar surface area (TPSA) is 87.0 Å². The zero-order chi connectivity index (χ0) is 14.0. The molecule has 19 heavy (non-hydrogen) atoms. The molecule has 1 heterocycles. The van der Waals surface area contributed by atoms with Gasteiger partial charge in [-0.05, 0) is 25.0 Å². The molecule has 1 saturated carbocycles. The van der Waals surface area contributed by atoms with Crippen LogP contribution in [0.15, 0.2) is 17.1 Å². The van der Waals surface area contributed by atoms with Gasteiger partial charge in [-0.1, -0.05) is 11.6 Å². The number of aliphatic hydroxyl groups excluding tert-OH is 1. The highest BCUT2D eigenvalue weighted by Crippen LogP contribution is 2.30. The van der Waals surface area contributed by atoms with Gasteiger partial charge >= 0.3 is 5.97 Å². The Bertz CT molecular complexity index is 528. The molecule has 1 fully saturated rings. The molecule has 7 heteroatoms. The number of carbonyl (C=O) groups excluding carboxylic acids is 1. The van der Waals surface area contributed by atoms with Crippen LogP contribution >= 0.6 is 22.9 Å². The number of carbonyl (C=O) groups is 2. The second kappa shape index (κ2) is 5.81. The fourth-order valence-corrected chi connectivity index (χ4v) is 3.00. The molecule has 0 radical (unpaired) electrons. The Hall–Kier alpha value is -1.24. The number of carboxylic acid groups (broad SMARTS) is 1. The van der Waals surface area contributed by atoms with Crippen molar-refractivity contribution in [3.05, 3.63) is 21.3 Å². The Morgan fingerprint density at radius 3 is 2.68 bits per heavy atom. The summed E-state index contributed by atoms with van der Waals surface area (Å²) in [7, 11) is 0. The van der Waals surface area contributed by atoms with Crippen LogP contribution in [0.1, 0.15) is 22.5 Å². The summed E-state index contributed by atoms with van der Waals surface area (Å²) in [5.74, 6) is -2.31. The highest BCUT2D eigenvalue weighted by molar-refractivity contribution is 7.18. The molecule has 1 aromatic rings. The SMILES string of the molecule is O=C(N=CC1C[C@@H](C(=O)O)C[C@@H]1O)c1ccc(Cl)s1. The summed E-state index contributed by atoms with van der Waals surface area (Å²) in [4.78, 5) is 26.7. The van der Waals surface area contributed by atoms with Crippen LogP contribution in [0.5, 0.6) is 0 Å². The molecule has 1 aromatic heterocycles. The van der Waals surface area contributed by atoms with E-state index in [1.807, 2.05) is 0 Å². The minimum Gasteiger partial charge on any atom is -0.481 e. The summed E-state index contributed by atoms with van der Waals surface area (Å²) in [6.07, 6.45) is 1.09. The number of hydrogen-bond acceptors (Lipinski definition) is 4. The lowest BCUT2D eigenvalue weighted by Gasteiger charge is -2.06. The van der Waals surface area contributed by atoms with E-state index in [1.165, 1.54) is 6.21 Å². The average molecular weight is 302 g/mol. The van der Waals surface area contributed by atoms with Gasteiger partial charge in [0, 0.05) is 12.1 Å². The third-order valence-electron chi connectivity index (χ3n) is 3.09. The lowest BCUT2D eigenvalue weighted by Crippen LogP contribution is -2.14. The Kier molecular flexibility index (Phi) is 4.34. The van der Waals surface area contributed by atoms with Crippen molar-refractivity contribution in [1.82, 2.24) is 0 Å². The van der Waals surface area contributed by atoms with Gasteiger partial charge < -0.3 is 10.2 Å². The van der Waals surface area contributed by atoms with Gasteiger partial charge in [-0.2, -0.15) is 0 Å². The van der Waals surface area contributed by atoms with Crippen LogP contribution in [-0.4, -0.2) is 34.4 Å². The molecule has 2 rings (SSSR count). The van der Waals surface area contributed by atoms with Gasteiger partial charge in [-0.3, -0.25) is 9.59 Å². The summed E-state index contributed by atoms with van der Waals surface area (Å²) in [6.45, 7) is 0. The van der Waals surface area contributed by atoms with Crippen molar-refractivity contribution in [2.75, 3.05) is 0 Å². The minimum absolute atomic E-state index is 0.199. The second-order valence-corrected chi connectivity index (χ2v) is 6.14. The van der Waals surface area contributed by atoms with E-state index in [4.69, 9.17) is 16.7 Å². The summed E-state index contributed by atoms with van der Waals surface area (Å²) in [5, 5.41) is 18.6. The van der Waals surface area contributed by atoms with Gasteiger partial charge in [0.15, 0.2) is 0 Å². The number of nitrogens with zero attached hydrogens (tertiary/aromatic N) is 1. The maximum atomic E-state index is 11.7. The predicted octanol–water partition coefficient (Wildman–Crippen LogP) is 2.08. The molecule has 3 atom stereocenters. The molecule has 1 aliphatic rings. The molecule has 1 amide bonds. The lowest BCUT2D eigenvalue weighted by atomic mass is 10.1. The van der Waals surface area contributed by atoms with E-state index in [2.05, 4.69) is 4.99 Å². The van der Waals surface area contributed by atoms with Crippen LogP contribution in [0, 0.1) is 11.8 Å². The molecule has 0 aromatic carbocycles. The number of carboxylic acids is 1. The number of aliphatic imine (C=N–C) groups is 1. The number of thiophene rings is 1. The van der Waals surface area contributed by atoms with E-state index in [0.717, 1.165) is 11.3 Å². The van der Waals surface area contributed by atoms with Crippen LogP contribution in [0.25, 0.3) is 0 Å². The number of amides is 1. The van der Waals surface area contributed by atoms with Gasteiger partial charge in [0.05, 0.1) is 21.2 Å². The quantitative estimate of drug-likeness (QED) is 0.837. The highest BCUT2D eigenvalue weighted by atomic mass is 35.5. The van der Waals surface area contributed by atoms with Crippen LogP contribution in [0.3, 0.4) is 0 Å². The van der Waals surface area contributed by atoms with Crippen LogP contribution in [0.4, 0.5) is 0 Å². The van der Waals surface area contributed by atoms with E-state index in [0.29, 0.717) is 15.6 Å². The third-order valence-corrected chi connectivity index (χ3v) is 4.31. The molecule has 2 N–H and O–H groups in total. The largest absolute Gasteiger partial charge is 0.481 e. The first-order chi connectivity index (χ1) is 8.97. The number of rotatable bonds is 3. The second-order valence-electron chi connectivity index (χ2n) is 4.42. The van der Waals surface area contributed by atoms with Crippen LogP contribution in [-0.2, 0) is 4.79 Å². The zero-order valence-electron chi connectivity index (χ0n) is 9.82. The fraction of sp³-hybridized carbons (Fsp3) is 0.417. The maximum absolute atomic E-state index is 11.7. The molecular formula is C12H12ClNO4S. The number of aliphatic hydroxyl groups is 1. The van der Waals surface area contributed by atoms with Crippen molar-refractivity contribution >= 4 is 41.0 Å². The van der Waals surface area contributed by atoms with E-state index in [9.17, 15) is 14.7 Å². The molecule has 0 spiro atoms. The zero-order valence-corrected chi connectivity index (χ0v) is 11.4. The van der Waals surface area contributed by atoms with Crippen molar-refractivity contribution < 1.29 is 19.8 Å². The summed E-state index contributed by atoms with van der Waals surface area (Å²) in [6, 6.07) is 3.19. The first-order valence-electron chi connectivity index (χ1n) is 5.72. The van der Waals surface area contributed by atoms with E-state index < -0.39 is 23.9 Å². The smallest absolute Gasteiger partial charge is 0.306 e. The monoisotopic (exact) mass is 301 g/mol. The summed E-state index contributed by atoms with van der Waals surface area (Å²) >= 11 is 6.85. The standard InChI is InChI=1S/C12H12ClNO4S/c13-10-2-1-9(19-10)11(16)14-5-7-3-6(12(17)18)4-8(7)15/h1-2,5-8,15H,3-4H2,(H,17,18)/t6-,7?,8+/m1/s1. The average Bonchev–Trinajstić information content (AvgIpc) is 2.93. The summed E-state index contributed by atoms with van der Waals surface area (Å²) < 4.78 is 0.505. The maximum Gasteiger partial charge on any atom is 0.306 e. The molecular weight excluding hydrogens is 290 g/mol.